The summed E-state index contributed by atoms with van der Waals surface area (Å²) < 4.78 is -0.321. The summed E-state index contributed by atoms with van der Waals surface area (Å²) in [4.78, 5) is 11.4. The molecular formula is C10H8Br4O. The highest BCUT2D eigenvalue weighted by Crippen LogP contribution is 2.33. The molecule has 0 heterocycles. The second kappa shape index (κ2) is 6.52. The van der Waals surface area contributed by atoms with E-state index in [2.05, 4.69) is 63.7 Å². The summed E-state index contributed by atoms with van der Waals surface area (Å²) in [5.41, 5.74) is 1.08. The lowest BCUT2D eigenvalue weighted by Gasteiger charge is -2.16. The number of carbonyl (C=O) groups is 1. The maximum absolute atomic E-state index is 11.7. The highest BCUT2D eigenvalue weighted by Gasteiger charge is 2.27. The normalized spacial score (nSPS) is 15.0. The number of ketones is 1. The van der Waals surface area contributed by atoms with Crippen molar-refractivity contribution in [2.45, 2.75) is 13.4 Å². The van der Waals surface area contributed by atoms with Crippen LogP contribution >= 0.6 is 63.7 Å². The Morgan fingerprint density at radius 3 is 2.00 bits per heavy atom. The zero-order chi connectivity index (χ0) is 11.4. The van der Waals surface area contributed by atoms with E-state index >= 15 is 0 Å². The molecule has 0 amide bonds. The predicted molar refractivity (Wildman–Crippen MR) is 77.5 cm³/mol. The molecule has 5 heteroatoms. The number of benzene rings is 1. The number of hydrogen-bond acceptors (Lipinski definition) is 1. The first-order valence-corrected chi connectivity index (χ1v) is 7.85. The van der Waals surface area contributed by atoms with Gasteiger partial charge in [-0.15, -0.1) is 0 Å². The van der Waals surface area contributed by atoms with Crippen molar-refractivity contribution < 1.29 is 4.79 Å². The molecule has 1 aromatic carbocycles. The Morgan fingerprint density at radius 1 is 1.00 bits per heavy atom. The summed E-state index contributed by atoms with van der Waals surface area (Å²) in [6, 6.07) is 9.82. The molecule has 0 aliphatic heterocycles. The number of rotatable bonds is 4. The highest BCUT2D eigenvalue weighted by molar-refractivity contribution is 9.25. The molecule has 15 heavy (non-hydrogen) atoms. The number of Topliss-reactive ketones (excluding diaryl/α,β-unsaturated/α-hetero) is 1. The number of halogens is 4. The van der Waals surface area contributed by atoms with Crippen molar-refractivity contribution in [3.05, 3.63) is 35.9 Å². The monoisotopic (exact) mass is 460 g/mol. The van der Waals surface area contributed by atoms with E-state index in [0.29, 0.717) is 0 Å². The average Bonchev–Trinajstić information content (AvgIpc) is 2.27. The average molecular weight is 464 g/mol. The minimum absolute atomic E-state index is 0.0243. The SMILES string of the molecule is O=C(C(Br)Br)[C@H](Br)[C@@H](Br)c1ccccc1. The van der Waals surface area contributed by atoms with Crippen LogP contribution in [0.4, 0.5) is 0 Å². The lowest BCUT2D eigenvalue weighted by molar-refractivity contribution is -0.116. The molecule has 0 aromatic heterocycles. The van der Waals surface area contributed by atoms with Crippen LogP contribution in [0.25, 0.3) is 0 Å². The molecule has 0 aliphatic rings. The van der Waals surface area contributed by atoms with E-state index in [1.807, 2.05) is 30.3 Å². The Morgan fingerprint density at radius 2 is 1.53 bits per heavy atom. The molecule has 1 nitrogen and oxygen atoms in total. The van der Waals surface area contributed by atoms with E-state index in [9.17, 15) is 4.79 Å². The molecule has 0 aliphatic carbocycles. The molecule has 0 fully saturated rings. The lowest BCUT2D eigenvalue weighted by Crippen LogP contribution is -2.23. The summed E-state index contributed by atoms with van der Waals surface area (Å²) in [5, 5.41) is 0. The van der Waals surface area contributed by atoms with Gasteiger partial charge in [0.15, 0.2) is 5.78 Å². The van der Waals surface area contributed by atoms with Crippen LogP contribution in [0.15, 0.2) is 30.3 Å². The molecule has 0 spiro atoms. The van der Waals surface area contributed by atoms with Gasteiger partial charge in [0.05, 0.1) is 9.65 Å². The van der Waals surface area contributed by atoms with E-state index in [0.717, 1.165) is 5.56 Å². The van der Waals surface area contributed by atoms with Gasteiger partial charge in [0.25, 0.3) is 0 Å². The first-order chi connectivity index (χ1) is 7.04. The van der Waals surface area contributed by atoms with Gasteiger partial charge < -0.3 is 0 Å². The highest BCUT2D eigenvalue weighted by atomic mass is 79.9. The van der Waals surface area contributed by atoms with Gasteiger partial charge in [-0.1, -0.05) is 94.1 Å². The fourth-order valence-electron chi connectivity index (χ4n) is 1.07. The van der Waals surface area contributed by atoms with Crippen LogP contribution in [0.5, 0.6) is 0 Å². The summed E-state index contributed by atoms with van der Waals surface area (Å²) in [7, 11) is 0. The maximum atomic E-state index is 11.7. The van der Waals surface area contributed by atoms with Crippen molar-refractivity contribution in [1.82, 2.24) is 0 Å². The van der Waals surface area contributed by atoms with E-state index < -0.39 is 0 Å². The zero-order valence-corrected chi connectivity index (χ0v) is 13.9. The van der Waals surface area contributed by atoms with Crippen molar-refractivity contribution in [2.75, 3.05) is 0 Å². The predicted octanol–water partition coefficient (Wildman–Crippen LogP) is 4.57. The van der Waals surface area contributed by atoms with Crippen molar-refractivity contribution in [3.63, 3.8) is 0 Å². The van der Waals surface area contributed by atoms with Gasteiger partial charge >= 0.3 is 0 Å². The van der Waals surface area contributed by atoms with Crippen LogP contribution in [0, 0.1) is 0 Å². The van der Waals surface area contributed by atoms with E-state index in [-0.39, 0.29) is 19.2 Å². The van der Waals surface area contributed by atoms with Crippen molar-refractivity contribution in [2.24, 2.45) is 0 Å². The van der Waals surface area contributed by atoms with Gasteiger partial charge in [0, 0.05) is 0 Å². The Balaban J connectivity index is 2.77. The first kappa shape index (κ1) is 13.9. The van der Waals surface area contributed by atoms with Gasteiger partial charge in [-0.2, -0.15) is 0 Å². The third kappa shape index (κ3) is 3.95. The molecule has 0 saturated carbocycles. The van der Waals surface area contributed by atoms with Crippen molar-refractivity contribution >= 4 is 69.5 Å². The van der Waals surface area contributed by atoms with Crippen LogP contribution in [0.1, 0.15) is 10.4 Å². The summed E-state index contributed by atoms with van der Waals surface area (Å²) in [6.45, 7) is 0. The maximum Gasteiger partial charge on any atom is 0.172 e. The minimum Gasteiger partial charge on any atom is -0.296 e. The van der Waals surface area contributed by atoms with Crippen molar-refractivity contribution in [1.29, 1.82) is 0 Å². The Hall–Kier alpha value is 0.810. The van der Waals surface area contributed by atoms with Crippen LogP contribution in [0.3, 0.4) is 0 Å². The smallest absolute Gasteiger partial charge is 0.172 e. The van der Waals surface area contributed by atoms with Gasteiger partial charge in [-0.05, 0) is 5.56 Å². The number of alkyl halides is 4. The molecule has 2 atom stereocenters. The molecule has 0 unspecified atom stereocenters. The van der Waals surface area contributed by atoms with E-state index in [4.69, 9.17) is 0 Å². The van der Waals surface area contributed by atoms with Gasteiger partial charge in [0.2, 0.25) is 0 Å². The largest absolute Gasteiger partial charge is 0.296 e. The molecule has 0 radical (unpaired) electrons. The lowest BCUT2D eigenvalue weighted by atomic mass is 10.1. The van der Waals surface area contributed by atoms with Gasteiger partial charge in [0.1, 0.15) is 3.74 Å². The van der Waals surface area contributed by atoms with Gasteiger partial charge in [-0.25, -0.2) is 0 Å². The third-order valence-corrected chi connectivity index (χ3v) is 5.51. The fraction of sp³-hybridized carbons (Fsp3) is 0.300. The molecule has 82 valence electrons. The van der Waals surface area contributed by atoms with E-state index in [1.54, 1.807) is 0 Å². The standard InChI is InChI=1S/C10H8Br4O/c11-7(6-4-2-1-3-5-6)8(12)9(15)10(13)14/h1-5,7-8,10H/t7-,8+/m0/s1. The topological polar surface area (TPSA) is 17.1 Å². The molecule has 0 saturated heterocycles. The van der Waals surface area contributed by atoms with Gasteiger partial charge in [-0.3, -0.25) is 4.79 Å². The second-order valence-corrected chi connectivity index (χ2v) is 7.95. The van der Waals surface area contributed by atoms with Crippen molar-refractivity contribution in [3.8, 4) is 0 Å². The summed E-state index contributed by atoms with van der Waals surface area (Å²) in [5.74, 6) is 0.0562. The quantitative estimate of drug-likeness (QED) is 0.598. The fourth-order valence-corrected chi connectivity index (χ4v) is 3.48. The third-order valence-electron chi connectivity index (χ3n) is 1.86. The van der Waals surface area contributed by atoms with E-state index in [1.165, 1.54) is 0 Å². The number of hydrogen-bond donors (Lipinski definition) is 0. The summed E-state index contributed by atoms with van der Waals surface area (Å²) in [6.07, 6.45) is 0. The first-order valence-electron chi connectivity index (χ1n) is 4.19. The molecule has 1 aromatic rings. The summed E-state index contributed by atoms with van der Waals surface area (Å²) >= 11 is 13.3. The molecular weight excluding hydrogens is 456 g/mol. The Kier molecular flexibility index (Phi) is 6.03. The molecule has 0 bridgehead atoms. The zero-order valence-electron chi connectivity index (χ0n) is 7.54. The molecule has 1 rings (SSSR count). The Bertz CT molecular complexity index is 325. The van der Waals surface area contributed by atoms with Crippen LogP contribution in [0.2, 0.25) is 0 Å². The van der Waals surface area contributed by atoms with Crippen LogP contribution in [-0.4, -0.2) is 14.3 Å². The Labute approximate surface area is 123 Å². The van der Waals surface area contributed by atoms with Crippen LogP contribution < -0.4 is 0 Å². The minimum atomic E-state index is -0.321. The molecule has 0 N–H and O–H groups in total. The number of carbonyl (C=O) groups excluding carboxylic acids is 1. The second-order valence-electron chi connectivity index (χ2n) is 2.92. The van der Waals surface area contributed by atoms with Crippen LogP contribution in [-0.2, 0) is 4.79 Å².